The van der Waals surface area contributed by atoms with Crippen molar-refractivity contribution in [2.45, 2.75) is 24.3 Å². The van der Waals surface area contributed by atoms with Gasteiger partial charge in [-0.3, -0.25) is 0 Å². The first-order valence-electron chi connectivity index (χ1n) is 8.27. The maximum atomic E-state index is 9.65. The number of piperidine rings is 1. The molecule has 25 heavy (non-hydrogen) atoms. The third-order valence-corrected chi connectivity index (χ3v) is 5.23. The fourth-order valence-electron chi connectivity index (χ4n) is 3.02. The number of aromatic nitrogens is 1. The van der Waals surface area contributed by atoms with E-state index in [0.717, 1.165) is 25.4 Å². The highest BCUT2D eigenvalue weighted by atomic mass is 32.2. The first kappa shape index (κ1) is 17.3. The summed E-state index contributed by atoms with van der Waals surface area (Å²) >= 11 is 1.50. The first-order valence-corrected chi connectivity index (χ1v) is 9.26. The van der Waals surface area contributed by atoms with Gasteiger partial charge in [0.2, 0.25) is 0 Å². The van der Waals surface area contributed by atoms with Crippen LogP contribution in [0.3, 0.4) is 0 Å². The minimum atomic E-state index is 0.133. The van der Waals surface area contributed by atoms with E-state index < -0.39 is 0 Å². The lowest BCUT2D eigenvalue weighted by atomic mass is 10.0. The standard InChI is InChI=1S/C18H19N5OS/c19-11-13-16(15-5-4-9-24-15)14(12-20)18(22-17(13)21)25-10-8-23-6-2-1-3-7-23/h4-5,9H,1-3,6-8,10H2,(H2,21,22). The summed E-state index contributed by atoms with van der Waals surface area (Å²) in [6.45, 7) is 3.21. The summed E-state index contributed by atoms with van der Waals surface area (Å²) < 4.78 is 5.41. The molecule has 0 atom stereocenters. The number of thioether (sulfide) groups is 1. The highest BCUT2D eigenvalue weighted by Crippen LogP contribution is 2.35. The van der Waals surface area contributed by atoms with Crippen LogP contribution in [-0.4, -0.2) is 35.3 Å². The fraction of sp³-hybridized carbons (Fsp3) is 0.389. The van der Waals surface area contributed by atoms with Gasteiger partial charge in [0.15, 0.2) is 0 Å². The number of pyridine rings is 1. The molecule has 0 radical (unpaired) electrons. The molecule has 0 amide bonds. The Balaban J connectivity index is 1.86. The van der Waals surface area contributed by atoms with Gasteiger partial charge >= 0.3 is 0 Å². The van der Waals surface area contributed by atoms with Crippen molar-refractivity contribution in [3.63, 3.8) is 0 Å². The molecule has 6 nitrogen and oxygen atoms in total. The molecule has 2 aromatic rings. The van der Waals surface area contributed by atoms with Crippen molar-refractivity contribution in [1.82, 2.24) is 9.88 Å². The summed E-state index contributed by atoms with van der Waals surface area (Å²) in [5.41, 5.74) is 6.94. The van der Waals surface area contributed by atoms with Gasteiger partial charge in [0.05, 0.1) is 17.4 Å². The summed E-state index contributed by atoms with van der Waals surface area (Å²) in [5, 5.41) is 19.6. The number of nitriles is 2. The van der Waals surface area contributed by atoms with Gasteiger partial charge in [-0.1, -0.05) is 6.42 Å². The van der Waals surface area contributed by atoms with E-state index in [1.807, 2.05) is 6.07 Å². The van der Waals surface area contributed by atoms with E-state index in [9.17, 15) is 10.5 Å². The average molecular weight is 353 g/mol. The maximum Gasteiger partial charge on any atom is 0.143 e. The molecular formula is C18H19N5OS. The number of rotatable bonds is 5. The fourth-order valence-corrected chi connectivity index (χ4v) is 4.02. The Morgan fingerprint density at radius 2 is 1.96 bits per heavy atom. The van der Waals surface area contributed by atoms with E-state index in [1.54, 1.807) is 12.1 Å². The third kappa shape index (κ3) is 3.79. The molecule has 1 fully saturated rings. The van der Waals surface area contributed by atoms with Crippen molar-refractivity contribution < 1.29 is 4.42 Å². The minimum absolute atomic E-state index is 0.133. The lowest BCUT2D eigenvalue weighted by Gasteiger charge is -2.26. The molecule has 128 valence electrons. The molecule has 0 aromatic carbocycles. The van der Waals surface area contributed by atoms with Gasteiger partial charge in [-0.05, 0) is 38.1 Å². The maximum absolute atomic E-state index is 9.65. The summed E-state index contributed by atoms with van der Waals surface area (Å²) in [7, 11) is 0. The quantitative estimate of drug-likeness (QED) is 0.823. The molecule has 1 aliphatic rings. The largest absolute Gasteiger partial charge is 0.464 e. The number of hydrogen-bond acceptors (Lipinski definition) is 7. The van der Waals surface area contributed by atoms with Crippen molar-refractivity contribution in [1.29, 1.82) is 10.5 Å². The molecule has 2 N–H and O–H groups in total. The second-order valence-corrected chi connectivity index (χ2v) is 6.96. The lowest BCUT2D eigenvalue weighted by molar-refractivity contribution is 0.242. The third-order valence-electron chi connectivity index (χ3n) is 4.28. The molecule has 0 aliphatic carbocycles. The highest BCUT2D eigenvalue weighted by Gasteiger charge is 2.22. The first-order chi connectivity index (χ1) is 12.2. The number of likely N-dealkylation sites (tertiary alicyclic amines) is 1. The Morgan fingerprint density at radius 3 is 2.60 bits per heavy atom. The van der Waals surface area contributed by atoms with Gasteiger partial charge in [-0.25, -0.2) is 4.98 Å². The van der Waals surface area contributed by atoms with E-state index >= 15 is 0 Å². The van der Waals surface area contributed by atoms with Crippen LogP contribution in [0.1, 0.15) is 30.4 Å². The van der Waals surface area contributed by atoms with Gasteiger partial charge in [0.25, 0.3) is 0 Å². The van der Waals surface area contributed by atoms with Crippen LogP contribution < -0.4 is 5.73 Å². The van der Waals surface area contributed by atoms with Gasteiger partial charge in [-0.2, -0.15) is 10.5 Å². The van der Waals surface area contributed by atoms with E-state index in [2.05, 4.69) is 16.0 Å². The Morgan fingerprint density at radius 1 is 1.20 bits per heavy atom. The van der Waals surface area contributed by atoms with E-state index in [-0.39, 0.29) is 11.4 Å². The summed E-state index contributed by atoms with van der Waals surface area (Å²) in [6, 6.07) is 7.67. The Bertz CT molecular complexity index is 813. The SMILES string of the molecule is N#Cc1c(N)nc(SCCN2CCCCC2)c(C#N)c1-c1ccco1. The zero-order valence-electron chi connectivity index (χ0n) is 13.9. The molecule has 0 bridgehead atoms. The van der Waals surface area contributed by atoms with Crippen molar-refractivity contribution in [3.8, 4) is 23.5 Å². The molecule has 7 heteroatoms. The van der Waals surface area contributed by atoms with Crippen molar-refractivity contribution in [3.05, 3.63) is 29.5 Å². The lowest BCUT2D eigenvalue weighted by Crippen LogP contribution is -2.31. The number of nitrogen functional groups attached to an aromatic ring is 1. The van der Waals surface area contributed by atoms with E-state index in [0.29, 0.717) is 21.9 Å². The highest BCUT2D eigenvalue weighted by molar-refractivity contribution is 7.99. The van der Waals surface area contributed by atoms with Crippen LogP contribution in [0.4, 0.5) is 5.82 Å². The second kappa shape index (κ2) is 8.06. The zero-order chi connectivity index (χ0) is 17.6. The van der Waals surface area contributed by atoms with E-state index in [4.69, 9.17) is 10.2 Å². The van der Waals surface area contributed by atoms with Crippen LogP contribution in [0.2, 0.25) is 0 Å². The predicted molar refractivity (Wildman–Crippen MR) is 96.8 cm³/mol. The number of anilines is 1. The summed E-state index contributed by atoms with van der Waals surface area (Å²) in [4.78, 5) is 6.74. The number of nitrogens with zero attached hydrogens (tertiary/aromatic N) is 4. The Kier molecular flexibility index (Phi) is 5.60. The minimum Gasteiger partial charge on any atom is -0.464 e. The molecule has 2 aromatic heterocycles. The number of nitrogens with two attached hydrogens (primary N) is 1. The van der Waals surface area contributed by atoms with Crippen molar-refractivity contribution in [2.75, 3.05) is 31.1 Å². The van der Waals surface area contributed by atoms with E-state index in [1.165, 1.54) is 37.3 Å². The summed E-state index contributed by atoms with van der Waals surface area (Å²) in [5.74, 6) is 1.42. The number of hydrogen-bond donors (Lipinski definition) is 1. The Hall–Kier alpha value is -2.48. The number of furan rings is 1. The van der Waals surface area contributed by atoms with Crippen molar-refractivity contribution >= 4 is 17.6 Å². The van der Waals surface area contributed by atoms with Gasteiger partial charge in [0, 0.05) is 12.3 Å². The smallest absolute Gasteiger partial charge is 0.143 e. The molecule has 1 aliphatic heterocycles. The van der Waals surface area contributed by atoms with Crippen LogP contribution >= 0.6 is 11.8 Å². The monoisotopic (exact) mass is 353 g/mol. The zero-order valence-corrected chi connectivity index (χ0v) is 14.7. The molecule has 3 heterocycles. The molecule has 0 saturated carbocycles. The summed E-state index contributed by atoms with van der Waals surface area (Å²) in [6.07, 6.45) is 5.32. The molecule has 1 saturated heterocycles. The molecule has 3 rings (SSSR count). The van der Waals surface area contributed by atoms with Crippen LogP contribution in [0.25, 0.3) is 11.3 Å². The van der Waals surface area contributed by atoms with Gasteiger partial charge in [0.1, 0.15) is 34.3 Å². The van der Waals surface area contributed by atoms with Crippen LogP contribution in [0.5, 0.6) is 0 Å². The molecule has 0 unspecified atom stereocenters. The van der Waals surface area contributed by atoms with Crippen molar-refractivity contribution in [2.24, 2.45) is 0 Å². The van der Waals surface area contributed by atoms with Crippen LogP contribution in [0, 0.1) is 22.7 Å². The van der Waals surface area contributed by atoms with Crippen LogP contribution in [0.15, 0.2) is 27.8 Å². The Labute approximate surface area is 151 Å². The topological polar surface area (TPSA) is 103 Å². The average Bonchev–Trinajstić information content (AvgIpc) is 3.16. The van der Waals surface area contributed by atoms with Gasteiger partial charge < -0.3 is 15.1 Å². The normalized spacial score (nSPS) is 14.8. The van der Waals surface area contributed by atoms with Crippen LogP contribution in [-0.2, 0) is 0 Å². The molecular weight excluding hydrogens is 334 g/mol. The molecule has 0 spiro atoms. The van der Waals surface area contributed by atoms with Gasteiger partial charge in [-0.15, -0.1) is 11.8 Å². The second-order valence-electron chi connectivity index (χ2n) is 5.88. The predicted octanol–water partition coefficient (Wildman–Crippen LogP) is 3.25.